The molecule has 0 radical (unpaired) electrons. The molecule has 5 nitrogen and oxygen atoms in total. The van der Waals surface area contributed by atoms with Crippen LogP contribution in [0.1, 0.15) is 45.0 Å². The second-order valence-electron chi connectivity index (χ2n) is 10.3. The van der Waals surface area contributed by atoms with Gasteiger partial charge in [-0.2, -0.15) is 0 Å². The Labute approximate surface area is 243 Å². The Morgan fingerprint density at radius 1 is 0.707 bits per heavy atom. The van der Waals surface area contributed by atoms with E-state index in [1.807, 2.05) is 6.33 Å². The Hall–Kier alpha value is -4.03. The van der Waals surface area contributed by atoms with Gasteiger partial charge in [-0.3, -0.25) is 0 Å². The van der Waals surface area contributed by atoms with Crippen LogP contribution in [-0.4, -0.2) is 42.5 Å². The molecule has 0 saturated carbocycles. The first-order chi connectivity index (χ1) is 20.2. The van der Waals surface area contributed by atoms with Crippen molar-refractivity contribution in [3.8, 4) is 0 Å². The summed E-state index contributed by atoms with van der Waals surface area (Å²) in [5.41, 5.74) is 13.1. The van der Waals surface area contributed by atoms with Crippen LogP contribution in [0.5, 0.6) is 0 Å². The summed E-state index contributed by atoms with van der Waals surface area (Å²) in [6, 6.07) is 38.5. The van der Waals surface area contributed by atoms with Crippen LogP contribution in [0.4, 0.5) is 0 Å². The fraction of sp³-hybridized carbons (Fsp3) is 0.250. The quantitative estimate of drug-likeness (QED) is 0.136. The van der Waals surface area contributed by atoms with Crippen LogP contribution in [0.15, 0.2) is 122 Å². The Kier molecular flexibility index (Phi) is 9.42. The molecule has 5 heteroatoms. The van der Waals surface area contributed by atoms with Crippen LogP contribution in [0.25, 0.3) is 0 Å². The largest absolute Gasteiger partial charge is 0.378 e. The Morgan fingerprint density at radius 2 is 1.27 bits per heavy atom. The average molecular weight is 546 g/mol. The fourth-order valence-corrected chi connectivity index (χ4v) is 5.68. The summed E-state index contributed by atoms with van der Waals surface area (Å²) in [7, 11) is 0. The second-order valence-corrected chi connectivity index (χ2v) is 10.3. The highest BCUT2D eigenvalue weighted by atomic mass is 16.5. The molecule has 1 aromatic heterocycles. The van der Waals surface area contributed by atoms with Crippen molar-refractivity contribution < 1.29 is 9.47 Å². The van der Waals surface area contributed by atoms with E-state index in [9.17, 15) is 0 Å². The Balaban J connectivity index is 1.63. The van der Waals surface area contributed by atoms with Crippen molar-refractivity contribution in [3.63, 3.8) is 0 Å². The first-order valence-electron chi connectivity index (χ1n) is 14.3. The number of ether oxygens (including phenoxy) is 2. The Morgan fingerprint density at radius 3 is 1.83 bits per heavy atom. The standard InChI is InChI=1S/C36H39N3O2/c1-28-13-12-20-33(29(28)2)34(26-41-24-23-40-22-21-37)35-25-39(27-38-35)36(30-14-6-3-7-15-30,31-16-8-4-9-17-31)32-18-10-5-11-19-32/h3-20,25,27,34H,21-24,26,37H2,1-2H3. The number of nitrogens with two attached hydrogens (primary N) is 1. The molecular weight excluding hydrogens is 506 g/mol. The topological polar surface area (TPSA) is 62.3 Å². The van der Waals surface area contributed by atoms with E-state index in [0.717, 1.165) is 22.4 Å². The molecule has 0 spiro atoms. The molecule has 5 aromatic rings. The van der Waals surface area contributed by atoms with Gasteiger partial charge in [-0.15, -0.1) is 0 Å². The third-order valence-electron chi connectivity index (χ3n) is 7.86. The van der Waals surface area contributed by atoms with Crippen molar-refractivity contribution in [2.24, 2.45) is 5.73 Å². The van der Waals surface area contributed by atoms with E-state index in [1.165, 1.54) is 16.7 Å². The molecule has 2 N–H and O–H groups in total. The van der Waals surface area contributed by atoms with Gasteiger partial charge in [0.2, 0.25) is 0 Å². The first kappa shape index (κ1) is 28.5. The molecule has 0 bridgehead atoms. The van der Waals surface area contributed by atoms with E-state index in [0.29, 0.717) is 33.0 Å². The molecule has 0 saturated heterocycles. The van der Waals surface area contributed by atoms with Crippen LogP contribution in [0.3, 0.4) is 0 Å². The number of aryl methyl sites for hydroxylation is 1. The molecule has 0 amide bonds. The maximum absolute atomic E-state index is 6.18. The van der Waals surface area contributed by atoms with Crippen molar-refractivity contribution in [1.29, 1.82) is 0 Å². The van der Waals surface area contributed by atoms with Gasteiger partial charge in [0.15, 0.2) is 0 Å². The van der Waals surface area contributed by atoms with Crippen LogP contribution in [0.2, 0.25) is 0 Å². The lowest BCUT2D eigenvalue weighted by Gasteiger charge is -2.37. The van der Waals surface area contributed by atoms with E-state index in [1.54, 1.807) is 0 Å². The summed E-state index contributed by atoms with van der Waals surface area (Å²) >= 11 is 0. The van der Waals surface area contributed by atoms with Crippen LogP contribution in [-0.2, 0) is 15.0 Å². The molecule has 41 heavy (non-hydrogen) atoms. The summed E-state index contributed by atoms with van der Waals surface area (Å²) in [6.07, 6.45) is 4.18. The maximum Gasteiger partial charge on any atom is 0.121 e. The molecule has 0 aliphatic carbocycles. The number of benzene rings is 4. The third-order valence-corrected chi connectivity index (χ3v) is 7.86. The lowest BCUT2D eigenvalue weighted by atomic mass is 9.76. The van der Waals surface area contributed by atoms with E-state index >= 15 is 0 Å². The van der Waals surface area contributed by atoms with Crippen LogP contribution >= 0.6 is 0 Å². The zero-order chi connectivity index (χ0) is 28.5. The van der Waals surface area contributed by atoms with Crippen molar-refractivity contribution in [2.75, 3.05) is 33.0 Å². The lowest BCUT2D eigenvalue weighted by Crippen LogP contribution is -2.37. The van der Waals surface area contributed by atoms with Gasteiger partial charge in [0.1, 0.15) is 5.54 Å². The van der Waals surface area contributed by atoms with Crippen LogP contribution < -0.4 is 5.73 Å². The highest BCUT2D eigenvalue weighted by Gasteiger charge is 2.38. The number of hydrogen-bond donors (Lipinski definition) is 1. The zero-order valence-corrected chi connectivity index (χ0v) is 23.9. The zero-order valence-electron chi connectivity index (χ0n) is 23.9. The van der Waals surface area contributed by atoms with Crippen molar-refractivity contribution >= 4 is 0 Å². The highest BCUT2D eigenvalue weighted by Crippen LogP contribution is 2.41. The maximum atomic E-state index is 6.18. The number of imidazole rings is 1. The molecule has 210 valence electrons. The minimum absolute atomic E-state index is 0.0364. The number of nitrogens with zero attached hydrogens (tertiary/aromatic N) is 2. The predicted octanol–water partition coefficient (Wildman–Crippen LogP) is 6.46. The molecule has 1 atom stereocenters. The van der Waals surface area contributed by atoms with E-state index in [-0.39, 0.29) is 5.92 Å². The van der Waals surface area contributed by atoms with Gasteiger partial charge in [0, 0.05) is 12.7 Å². The van der Waals surface area contributed by atoms with Crippen molar-refractivity contribution in [3.05, 3.63) is 161 Å². The van der Waals surface area contributed by atoms with Gasteiger partial charge in [-0.25, -0.2) is 4.98 Å². The minimum atomic E-state index is -0.613. The highest BCUT2D eigenvalue weighted by molar-refractivity contribution is 5.51. The average Bonchev–Trinajstić information content (AvgIpc) is 3.51. The van der Waals surface area contributed by atoms with Crippen molar-refractivity contribution in [2.45, 2.75) is 25.3 Å². The van der Waals surface area contributed by atoms with E-state index in [4.69, 9.17) is 20.2 Å². The lowest BCUT2D eigenvalue weighted by molar-refractivity contribution is 0.0476. The molecule has 5 rings (SSSR count). The number of rotatable bonds is 13. The van der Waals surface area contributed by atoms with Crippen molar-refractivity contribution in [1.82, 2.24) is 9.55 Å². The van der Waals surface area contributed by atoms with Gasteiger partial charge in [0.25, 0.3) is 0 Å². The second kappa shape index (κ2) is 13.6. The number of hydrogen-bond acceptors (Lipinski definition) is 4. The van der Waals surface area contributed by atoms with Gasteiger partial charge < -0.3 is 19.8 Å². The summed E-state index contributed by atoms with van der Waals surface area (Å²) in [4.78, 5) is 5.07. The van der Waals surface area contributed by atoms with Gasteiger partial charge in [-0.1, -0.05) is 109 Å². The normalized spacial score (nSPS) is 12.4. The fourth-order valence-electron chi connectivity index (χ4n) is 5.68. The smallest absolute Gasteiger partial charge is 0.121 e. The third kappa shape index (κ3) is 6.03. The summed E-state index contributed by atoms with van der Waals surface area (Å²) in [5.74, 6) is -0.0364. The van der Waals surface area contributed by atoms with E-state index in [2.05, 4.69) is 134 Å². The summed E-state index contributed by atoms with van der Waals surface area (Å²) in [6.45, 7) is 6.91. The molecular formula is C36H39N3O2. The van der Waals surface area contributed by atoms with Gasteiger partial charge in [-0.05, 0) is 47.2 Å². The molecule has 0 aliphatic heterocycles. The Bertz CT molecular complexity index is 1400. The van der Waals surface area contributed by atoms with Crippen LogP contribution in [0, 0.1) is 13.8 Å². The first-order valence-corrected chi connectivity index (χ1v) is 14.3. The molecule has 1 unspecified atom stereocenters. The van der Waals surface area contributed by atoms with Gasteiger partial charge >= 0.3 is 0 Å². The minimum Gasteiger partial charge on any atom is -0.378 e. The predicted molar refractivity (Wildman–Crippen MR) is 165 cm³/mol. The SMILES string of the molecule is Cc1cccc(C(COCCOCCN)c2cn(C(c3ccccc3)(c3ccccc3)c3ccccc3)cn2)c1C. The monoisotopic (exact) mass is 545 g/mol. The van der Waals surface area contributed by atoms with Gasteiger partial charge in [0.05, 0.1) is 44.4 Å². The summed E-state index contributed by atoms with van der Waals surface area (Å²) in [5, 5.41) is 0. The molecule has 4 aromatic carbocycles. The molecule has 0 aliphatic rings. The molecule has 0 fully saturated rings. The summed E-state index contributed by atoms with van der Waals surface area (Å²) < 4.78 is 14.0. The molecule has 1 heterocycles. The van der Waals surface area contributed by atoms with E-state index < -0.39 is 5.54 Å². The number of aromatic nitrogens is 2.